The molecule has 21 heavy (non-hydrogen) atoms. The molecule has 0 N–H and O–H groups in total. The van der Waals surface area contributed by atoms with Crippen LogP contribution in [-0.4, -0.2) is 14.6 Å². The largest absolute Gasteiger partial charge is 0.216 e. The zero-order valence-electron chi connectivity index (χ0n) is 11.1. The summed E-state index contributed by atoms with van der Waals surface area (Å²) in [5.41, 5.74) is 2.06. The van der Waals surface area contributed by atoms with Crippen LogP contribution < -0.4 is 0 Å². The highest BCUT2D eigenvalue weighted by Gasteiger charge is 2.25. The summed E-state index contributed by atoms with van der Waals surface area (Å²) in [5.74, 6) is 0.558. The molecule has 1 aliphatic carbocycles. The Hall–Kier alpha value is -1.90. The van der Waals surface area contributed by atoms with Gasteiger partial charge < -0.3 is 0 Å². The first-order valence-electron chi connectivity index (χ1n) is 6.82. The number of nitrogens with zero attached hydrogens (tertiary/aromatic N) is 4. The number of aromatic nitrogens is 3. The Morgan fingerprint density at radius 3 is 2.67 bits per heavy atom. The van der Waals surface area contributed by atoms with Crippen molar-refractivity contribution in [3.8, 4) is 17.3 Å². The van der Waals surface area contributed by atoms with Gasteiger partial charge in [-0.2, -0.15) is 14.9 Å². The average molecular weight is 315 g/mol. The van der Waals surface area contributed by atoms with Crippen LogP contribution in [0.2, 0.25) is 5.02 Å². The van der Waals surface area contributed by atoms with Crippen molar-refractivity contribution in [1.29, 1.82) is 5.26 Å². The normalized spacial score (nSPS) is 15.0. The van der Waals surface area contributed by atoms with E-state index in [-0.39, 0.29) is 0 Å². The first kappa shape index (κ1) is 12.8. The van der Waals surface area contributed by atoms with Crippen LogP contribution in [0, 0.1) is 11.3 Å². The van der Waals surface area contributed by atoms with Crippen molar-refractivity contribution in [3.05, 3.63) is 40.0 Å². The summed E-state index contributed by atoms with van der Waals surface area (Å²) in [7, 11) is 0. The second kappa shape index (κ2) is 4.83. The highest BCUT2D eigenvalue weighted by Crippen LogP contribution is 2.39. The Labute approximate surface area is 130 Å². The lowest BCUT2D eigenvalue weighted by atomic mass is 9.86. The molecule has 6 heteroatoms. The molecular formula is C15H11ClN4S. The van der Waals surface area contributed by atoms with Crippen LogP contribution in [0.1, 0.15) is 35.9 Å². The first-order chi connectivity index (χ1) is 10.3. The van der Waals surface area contributed by atoms with Crippen LogP contribution in [0.25, 0.3) is 16.2 Å². The standard InChI is InChI=1S/C15H11ClN4S/c16-11-6-4-9(5-7-11)13-12(8-17)20-15(18-13)21-14(19-20)10-2-1-3-10/h4-7,10H,1-3H2. The molecule has 0 saturated heterocycles. The third kappa shape index (κ3) is 2.03. The Kier molecular flexibility index (Phi) is 2.95. The molecule has 0 amide bonds. The van der Waals surface area contributed by atoms with Gasteiger partial charge in [-0.05, 0) is 25.0 Å². The van der Waals surface area contributed by atoms with Gasteiger partial charge in [0, 0.05) is 16.5 Å². The van der Waals surface area contributed by atoms with Gasteiger partial charge in [0.2, 0.25) is 4.96 Å². The molecule has 3 aromatic rings. The molecule has 0 unspecified atom stereocenters. The van der Waals surface area contributed by atoms with E-state index in [2.05, 4.69) is 16.2 Å². The molecule has 0 atom stereocenters. The molecule has 0 aliphatic heterocycles. The highest BCUT2D eigenvalue weighted by molar-refractivity contribution is 7.16. The number of fused-ring (bicyclic) bond motifs is 1. The molecule has 2 heterocycles. The first-order valence-corrected chi connectivity index (χ1v) is 8.01. The summed E-state index contributed by atoms with van der Waals surface area (Å²) in [5, 5.41) is 15.8. The maximum Gasteiger partial charge on any atom is 0.214 e. The van der Waals surface area contributed by atoms with Crippen molar-refractivity contribution in [3.63, 3.8) is 0 Å². The van der Waals surface area contributed by atoms with Gasteiger partial charge in [0.05, 0.1) is 0 Å². The van der Waals surface area contributed by atoms with E-state index in [0.29, 0.717) is 22.3 Å². The third-order valence-electron chi connectivity index (χ3n) is 3.90. The van der Waals surface area contributed by atoms with Gasteiger partial charge in [-0.1, -0.05) is 41.5 Å². The smallest absolute Gasteiger partial charge is 0.214 e. The lowest BCUT2D eigenvalue weighted by Gasteiger charge is -2.21. The Morgan fingerprint density at radius 1 is 1.29 bits per heavy atom. The maximum atomic E-state index is 9.47. The SMILES string of the molecule is N#Cc1c(-c2ccc(Cl)cc2)nc2sc(C3CCC3)nn12. The lowest BCUT2D eigenvalue weighted by molar-refractivity contribution is 0.415. The van der Waals surface area contributed by atoms with Gasteiger partial charge in [0.1, 0.15) is 16.8 Å². The maximum absolute atomic E-state index is 9.47. The zero-order valence-corrected chi connectivity index (χ0v) is 12.7. The monoisotopic (exact) mass is 314 g/mol. The van der Waals surface area contributed by atoms with E-state index in [1.165, 1.54) is 19.3 Å². The Morgan fingerprint density at radius 2 is 2.05 bits per heavy atom. The van der Waals surface area contributed by atoms with Crippen LogP contribution in [0.4, 0.5) is 0 Å². The number of hydrogen-bond acceptors (Lipinski definition) is 4. The van der Waals surface area contributed by atoms with E-state index in [1.54, 1.807) is 28.0 Å². The van der Waals surface area contributed by atoms with Crippen molar-refractivity contribution < 1.29 is 0 Å². The fourth-order valence-corrected chi connectivity index (χ4v) is 3.69. The van der Waals surface area contributed by atoms with Crippen LogP contribution in [-0.2, 0) is 0 Å². The second-order valence-electron chi connectivity index (χ2n) is 5.19. The van der Waals surface area contributed by atoms with Crippen LogP contribution in [0.15, 0.2) is 24.3 Å². The minimum atomic E-state index is 0.495. The molecule has 4 nitrogen and oxygen atoms in total. The van der Waals surface area contributed by atoms with Crippen molar-refractivity contribution in [1.82, 2.24) is 14.6 Å². The van der Waals surface area contributed by atoms with Crippen molar-refractivity contribution in [2.24, 2.45) is 0 Å². The lowest BCUT2D eigenvalue weighted by Crippen LogP contribution is -2.08. The van der Waals surface area contributed by atoms with Gasteiger partial charge in [-0.25, -0.2) is 4.98 Å². The molecule has 1 aromatic carbocycles. The number of nitriles is 1. The summed E-state index contributed by atoms with van der Waals surface area (Å²) in [4.78, 5) is 5.39. The molecule has 0 spiro atoms. The van der Waals surface area contributed by atoms with Crippen molar-refractivity contribution in [2.45, 2.75) is 25.2 Å². The van der Waals surface area contributed by atoms with E-state index in [9.17, 15) is 5.26 Å². The Balaban J connectivity index is 1.84. The predicted molar refractivity (Wildman–Crippen MR) is 82.6 cm³/mol. The highest BCUT2D eigenvalue weighted by atomic mass is 35.5. The van der Waals surface area contributed by atoms with E-state index >= 15 is 0 Å². The fraction of sp³-hybridized carbons (Fsp3) is 0.267. The summed E-state index contributed by atoms with van der Waals surface area (Å²) >= 11 is 7.50. The van der Waals surface area contributed by atoms with Crippen molar-refractivity contribution in [2.75, 3.05) is 0 Å². The fourth-order valence-electron chi connectivity index (χ4n) is 2.49. The molecule has 1 saturated carbocycles. The van der Waals surface area contributed by atoms with Gasteiger partial charge in [0.15, 0.2) is 5.69 Å². The molecule has 1 fully saturated rings. The van der Waals surface area contributed by atoms with Gasteiger partial charge in [-0.15, -0.1) is 0 Å². The van der Waals surface area contributed by atoms with Gasteiger partial charge in [-0.3, -0.25) is 0 Å². The summed E-state index contributed by atoms with van der Waals surface area (Å²) < 4.78 is 1.68. The van der Waals surface area contributed by atoms with Crippen molar-refractivity contribution >= 4 is 27.9 Å². The molecular weight excluding hydrogens is 304 g/mol. The number of halogens is 1. The van der Waals surface area contributed by atoms with Gasteiger partial charge in [0.25, 0.3) is 0 Å². The predicted octanol–water partition coefficient (Wildman–Crippen LogP) is 4.25. The minimum Gasteiger partial charge on any atom is -0.216 e. The van der Waals surface area contributed by atoms with E-state index in [1.807, 2.05) is 12.1 Å². The quantitative estimate of drug-likeness (QED) is 0.710. The number of rotatable bonds is 2. The van der Waals surface area contributed by atoms with Crippen LogP contribution in [0.5, 0.6) is 0 Å². The summed E-state index contributed by atoms with van der Waals surface area (Å²) in [6, 6.07) is 9.60. The molecule has 0 radical (unpaired) electrons. The minimum absolute atomic E-state index is 0.495. The molecule has 4 rings (SSSR count). The summed E-state index contributed by atoms with van der Waals surface area (Å²) in [6.07, 6.45) is 3.67. The topological polar surface area (TPSA) is 54.0 Å². The second-order valence-corrected chi connectivity index (χ2v) is 6.61. The van der Waals surface area contributed by atoms with E-state index < -0.39 is 0 Å². The average Bonchev–Trinajstić information content (AvgIpc) is 2.94. The van der Waals surface area contributed by atoms with Crippen LogP contribution in [0.3, 0.4) is 0 Å². The number of imidazole rings is 1. The molecule has 104 valence electrons. The van der Waals surface area contributed by atoms with Gasteiger partial charge >= 0.3 is 0 Å². The van der Waals surface area contributed by atoms with E-state index in [0.717, 1.165) is 15.5 Å². The Bertz CT molecular complexity index is 852. The molecule has 2 aromatic heterocycles. The molecule has 1 aliphatic rings. The third-order valence-corrected chi connectivity index (χ3v) is 5.22. The number of benzene rings is 1. The van der Waals surface area contributed by atoms with Crippen LogP contribution >= 0.6 is 22.9 Å². The summed E-state index contributed by atoms with van der Waals surface area (Å²) in [6.45, 7) is 0. The zero-order chi connectivity index (χ0) is 14.4. The molecule has 0 bridgehead atoms. The number of hydrogen-bond donors (Lipinski definition) is 0. The van der Waals surface area contributed by atoms with E-state index in [4.69, 9.17) is 11.6 Å².